The van der Waals surface area contributed by atoms with Gasteiger partial charge in [0.05, 0.1) is 0 Å². The third-order valence-corrected chi connectivity index (χ3v) is 3.58. The molecule has 0 aromatic rings. The molecule has 1 aliphatic carbocycles. The zero-order valence-electron chi connectivity index (χ0n) is 9.81. The van der Waals surface area contributed by atoms with Gasteiger partial charge in [-0.2, -0.15) is 0 Å². The van der Waals surface area contributed by atoms with Crippen molar-refractivity contribution in [2.24, 2.45) is 17.1 Å². The summed E-state index contributed by atoms with van der Waals surface area (Å²) in [5, 5.41) is 3.58. The average molecular weight is 198 g/mol. The maximum atomic E-state index is 5.57. The molecule has 2 nitrogen and oxygen atoms in total. The van der Waals surface area contributed by atoms with E-state index in [9.17, 15) is 0 Å². The smallest absolute Gasteiger partial charge is 0.000516 e. The molecule has 1 atom stereocenters. The zero-order valence-corrected chi connectivity index (χ0v) is 9.81. The minimum atomic E-state index is 0.589. The summed E-state index contributed by atoms with van der Waals surface area (Å²) < 4.78 is 0. The number of nitrogens with two attached hydrogens (primary N) is 1. The van der Waals surface area contributed by atoms with Gasteiger partial charge in [-0.1, -0.05) is 26.7 Å². The van der Waals surface area contributed by atoms with Crippen LogP contribution in [0.15, 0.2) is 0 Å². The molecule has 0 bridgehead atoms. The first-order valence-electron chi connectivity index (χ1n) is 6.07. The molecule has 1 rings (SSSR count). The lowest BCUT2D eigenvalue weighted by molar-refractivity contribution is 0.311. The number of rotatable bonds is 6. The molecule has 0 radical (unpaired) electrons. The van der Waals surface area contributed by atoms with Crippen LogP contribution in [-0.2, 0) is 0 Å². The van der Waals surface area contributed by atoms with Gasteiger partial charge < -0.3 is 11.1 Å². The Hall–Kier alpha value is -0.0800. The van der Waals surface area contributed by atoms with Crippen LogP contribution in [0.1, 0.15) is 46.0 Å². The summed E-state index contributed by atoms with van der Waals surface area (Å²) in [5.41, 5.74) is 6.16. The highest BCUT2D eigenvalue weighted by Crippen LogP contribution is 2.36. The molecule has 84 valence electrons. The van der Waals surface area contributed by atoms with Crippen molar-refractivity contribution in [1.29, 1.82) is 0 Å². The summed E-state index contributed by atoms with van der Waals surface area (Å²) in [6.45, 7) is 7.79. The van der Waals surface area contributed by atoms with Crippen LogP contribution < -0.4 is 11.1 Å². The Morgan fingerprint density at radius 2 is 2.00 bits per heavy atom. The third-order valence-electron chi connectivity index (χ3n) is 3.58. The molecule has 1 aliphatic rings. The largest absolute Gasteiger partial charge is 0.330 e. The van der Waals surface area contributed by atoms with E-state index in [1.807, 2.05) is 0 Å². The predicted octanol–water partition coefficient (Wildman–Crippen LogP) is 2.14. The van der Waals surface area contributed by atoms with Crippen LogP contribution in [0.5, 0.6) is 0 Å². The molecule has 0 spiro atoms. The number of hydrogen-bond acceptors (Lipinski definition) is 2. The molecule has 0 heterocycles. The van der Waals surface area contributed by atoms with Crippen LogP contribution in [0, 0.1) is 11.3 Å². The van der Waals surface area contributed by atoms with Gasteiger partial charge in [0, 0.05) is 6.54 Å². The molecule has 0 aliphatic heterocycles. The third kappa shape index (κ3) is 3.97. The van der Waals surface area contributed by atoms with E-state index in [0.717, 1.165) is 13.1 Å². The number of nitrogens with one attached hydrogen (secondary N) is 1. The first kappa shape index (κ1) is 12.0. The van der Waals surface area contributed by atoms with Crippen molar-refractivity contribution in [1.82, 2.24) is 5.32 Å². The molecular formula is C12H26N2. The van der Waals surface area contributed by atoms with Crippen molar-refractivity contribution in [3.63, 3.8) is 0 Å². The van der Waals surface area contributed by atoms with Gasteiger partial charge in [0.1, 0.15) is 0 Å². The van der Waals surface area contributed by atoms with E-state index >= 15 is 0 Å². The highest BCUT2D eigenvalue weighted by molar-refractivity contribution is 4.82. The van der Waals surface area contributed by atoms with E-state index in [-0.39, 0.29) is 0 Å². The van der Waals surface area contributed by atoms with Crippen LogP contribution >= 0.6 is 0 Å². The van der Waals surface area contributed by atoms with Crippen molar-refractivity contribution in [3.8, 4) is 0 Å². The molecule has 0 amide bonds. The van der Waals surface area contributed by atoms with E-state index in [0.29, 0.717) is 11.3 Å². The van der Waals surface area contributed by atoms with Crippen molar-refractivity contribution >= 4 is 0 Å². The van der Waals surface area contributed by atoms with Gasteiger partial charge in [-0.05, 0) is 43.7 Å². The maximum absolute atomic E-state index is 5.57. The molecule has 1 fully saturated rings. The van der Waals surface area contributed by atoms with Crippen LogP contribution in [0.25, 0.3) is 0 Å². The van der Waals surface area contributed by atoms with E-state index in [2.05, 4.69) is 19.2 Å². The molecule has 3 N–H and O–H groups in total. The molecule has 0 aromatic carbocycles. The van der Waals surface area contributed by atoms with Gasteiger partial charge in [-0.15, -0.1) is 0 Å². The van der Waals surface area contributed by atoms with Gasteiger partial charge in [0.25, 0.3) is 0 Å². The Labute approximate surface area is 88.6 Å². The van der Waals surface area contributed by atoms with Gasteiger partial charge in [0.15, 0.2) is 0 Å². The van der Waals surface area contributed by atoms with Crippen molar-refractivity contribution in [3.05, 3.63) is 0 Å². The Morgan fingerprint density at radius 1 is 1.36 bits per heavy atom. The molecule has 0 saturated heterocycles. The molecule has 14 heavy (non-hydrogen) atoms. The second-order valence-corrected chi connectivity index (χ2v) is 5.32. The summed E-state index contributed by atoms with van der Waals surface area (Å²) in [6, 6.07) is 0. The first-order valence-corrected chi connectivity index (χ1v) is 6.07. The summed E-state index contributed by atoms with van der Waals surface area (Å²) >= 11 is 0. The second kappa shape index (κ2) is 5.72. The molecule has 0 aromatic heterocycles. The van der Waals surface area contributed by atoms with Crippen LogP contribution in [-0.4, -0.2) is 19.6 Å². The average Bonchev–Trinajstić information content (AvgIpc) is 2.60. The van der Waals surface area contributed by atoms with Gasteiger partial charge in [0.2, 0.25) is 0 Å². The van der Waals surface area contributed by atoms with E-state index < -0.39 is 0 Å². The summed E-state index contributed by atoms with van der Waals surface area (Å²) in [7, 11) is 0. The monoisotopic (exact) mass is 198 g/mol. The van der Waals surface area contributed by atoms with E-state index in [1.54, 1.807) is 0 Å². The Morgan fingerprint density at radius 3 is 2.57 bits per heavy atom. The van der Waals surface area contributed by atoms with Crippen molar-refractivity contribution in [2.75, 3.05) is 19.6 Å². The fraction of sp³-hybridized carbons (Fsp3) is 1.00. The lowest BCUT2D eigenvalue weighted by atomic mass is 9.89. The molecule has 2 heteroatoms. The Balaban J connectivity index is 2.03. The van der Waals surface area contributed by atoms with Crippen molar-refractivity contribution in [2.45, 2.75) is 46.0 Å². The summed E-state index contributed by atoms with van der Waals surface area (Å²) in [5.74, 6) is 0.666. The Bertz CT molecular complexity index is 150. The minimum absolute atomic E-state index is 0.589. The standard InChI is InChI=1S/C12H26N2/c1-11(9-13)5-8-14-10-12(2)6-3-4-7-12/h11,14H,3-10,13H2,1-2H3. The fourth-order valence-corrected chi connectivity index (χ4v) is 2.26. The Kier molecular flexibility index (Phi) is 4.90. The second-order valence-electron chi connectivity index (χ2n) is 5.32. The lowest BCUT2D eigenvalue weighted by Crippen LogP contribution is -2.31. The highest BCUT2D eigenvalue weighted by atomic mass is 14.9. The quantitative estimate of drug-likeness (QED) is 0.642. The van der Waals surface area contributed by atoms with Gasteiger partial charge >= 0.3 is 0 Å². The van der Waals surface area contributed by atoms with Crippen molar-refractivity contribution < 1.29 is 0 Å². The maximum Gasteiger partial charge on any atom is 0.000516 e. The van der Waals surface area contributed by atoms with E-state index in [1.165, 1.54) is 38.6 Å². The fourth-order valence-electron chi connectivity index (χ4n) is 2.26. The predicted molar refractivity (Wildman–Crippen MR) is 62.3 cm³/mol. The summed E-state index contributed by atoms with van der Waals surface area (Å²) in [4.78, 5) is 0. The van der Waals surface area contributed by atoms with Crippen LogP contribution in [0.4, 0.5) is 0 Å². The zero-order chi connectivity index (χ0) is 10.4. The first-order chi connectivity index (χ1) is 6.66. The topological polar surface area (TPSA) is 38.0 Å². The minimum Gasteiger partial charge on any atom is -0.330 e. The highest BCUT2D eigenvalue weighted by Gasteiger charge is 2.27. The number of hydrogen-bond donors (Lipinski definition) is 2. The normalized spacial score (nSPS) is 22.5. The van der Waals surface area contributed by atoms with Crippen LogP contribution in [0.3, 0.4) is 0 Å². The van der Waals surface area contributed by atoms with Crippen LogP contribution in [0.2, 0.25) is 0 Å². The van der Waals surface area contributed by atoms with Gasteiger partial charge in [-0.3, -0.25) is 0 Å². The SMILES string of the molecule is CC(CN)CCNCC1(C)CCCC1. The lowest BCUT2D eigenvalue weighted by Gasteiger charge is -2.24. The molecular weight excluding hydrogens is 172 g/mol. The molecule has 1 saturated carbocycles. The summed E-state index contributed by atoms with van der Waals surface area (Å²) in [6.07, 6.45) is 6.89. The van der Waals surface area contributed by atoms with Gasteiger partial charge in [-0.25, -0.2) is 0 Å². The molecule has 1 unspecified atom stereocenters. The van der Waals surface area contributed by atoms with E-state index in [4.69, 9.17) is 5.73 Å².